The summed E-state index contributed by atoms with van der Waals surface area (Å²) in [6, 6.07) is 0.404. The van der Waals surface area contributed by atoms with Crippen LogP contribution < -0.4 is 16.0 Å². The fourth-order valence-electron chi connectivity index (χ4n) is 1.31. The standard InChI is InChI=1S/C10H20N4O/c1-3-5-11-9(15)4-6-12-10-13-7-8(2)14-10/h8H,3-7H2,1-2H3,(H,11,15)(H2,12,13,14). The zero-order valence-corrected chi connectivity index (χ0v) is 9.47. The molecule has 0 spiro atoms. The summed E-state index contributed by atoms with van der Waals surface area (Å²) in [5.74, 6) is 0.904. The molecule has 0 saturated carbocycles. The minimum absolute atomic E-state index is 0.0935. The summed E-state index contributed by atoms with van der Waals surface area (Å²) in [5, 5.41) is 9.10. The molecule has 0 bridgehead atoms. The summed E-state index contributed by atoms with van der Waals surface area (Å²) in [6.45, 7) is 6.32. The van der Waals surface area contributed by atoms with Gasteiger partial charge in [0.2, 0.25) is 5.91 Å². The van der Waals surface area contributed by atoms with Crippen LogP contribution in [0.1, 0.15) is 26.7 Å². The van der Waals surface area contributed by atoms with E-state index in [9.17, 15) is 4.79 Å². The monoisotopic (exact) mass is 212 g/mol. The zero-order chi connectivity index (χ0) is 11.1. The molecular formula is C10H20N4O. The number of amides is 1. The van der Waals surface area contributed by atoms with Gasteiger partial charge in [0.25, 0.3) is 0 Å². The van der Waals surface area contributed by atoms with Gasteiger partial charge >= 0.3 is 0 Å². The summed E-state index contributed by atoms with van der Waals surface area (Å²) in [7, 11) is 0. The van der Waals surface area contributed by atoms with Crippen LogP contribution in [-0.2, 0) is 4.79 Å². The lowest BCUT2D eigenvalue weighted by molar-refractivity contribution is -0.120. The third-order valence-corrected chi connectivity index (χ3v) is 2.12. The Balaban J connectivity index is 2.03. The number of nitrogens with one attached hydrogen (secondary N) is 3. The van der Waals surface area contributed by atoms with Gasteiger partial charge in [-0.15, -0.1) is 0 Å². The van der Waals surface area contributed by atoms with Crippen molar-refractivity contribution in [1.82, 2.24) is 16.0 Å². The van der Waals surface area contributed by atoms with E-state index in [1.807, 2.05) is 6.92 Å². The predicted octanol–water partition coefficient (Wildman–Crippen LogP) is -0.160. The Hall–Kier alpha value is -1.26. The summed E-state index contributed by atoms with van der Waals surface area (Å²) >= 11 is 0. The highest BCUT2D eigenvalue weighted by Crippen LogP contribution is 1.91. The van der Waals surface area contributed by atoms with E-state index in [1.165, 1.54) is 0 Å². The molecule has 1 aliphatic heterocycles. The normalized spacial score (nSPS) is 19.3. The molecule has 15 heavy (non-hydrogen) atoms. The van der Waals surface area contributed by atoms with Crippen molar-refractivity contribution < 1.29 is 4.79 Å². The van der Waals surface area contributed by atoms with E-state index in [-0.39, 0.29) is 5.91 Å². The number of hydrogen-bond donors (Lipinski definition) is 3. The van der Waals surface area contributed by atoms with Gasteiger partial charge in [-0.05, 0) is 13.3 Å². The van der Waals surface area contributed by atoms with Gasteiger partial charge in [0.05, 0.1) is 6.54 Å². The Labute approximate surface area is 90.7 Å². The summed E-state index contributed by atoms with van der Waals surface area (Å²) in [5.41, 5.74) is 0. The Morgan fingerprint density at radius 1 is 1.60 bits per heavy atom. The van der Waals surface area contributed by atoms with Gasteiger partial charge in [-0.1, -0.05) is 6.92 Å². The number of guanidine groups is 1. The molecule has 0 aliphatic carbocycles. The second-order valence-electron chi connectivity index (χ2n) is 3.76. The second-order valence-corrected chi connectivity index (χ2v) is 3.76. The van der Waals surface area contributed by atoms with Crippen LogP contribution in [0.5, 0.6) is 0 Å². The highest BCUT2D eigenvalue weighted by atomic mass is 16.1. The molecule has 0 aromatic heterocycles. The molecule has 86 valence electrons. The molecule has 0 aromatic rings. The lowest BCUT2D eigenvalue weighted by atomic mass is 10.3. The maximum atomic E-state index is 11.2. The number of hydrogen-bond acceptors (Lipinski definition) is 4. The van der Waals surface area contributed by atoms with Gasteiger partial charge in [0, 0.05) is 25.6 Å². The maximum absolute atomic E-state index is 11.2. The van der Waals surface area contributed by atoms with Crippen molar-refractivity contribution in [3.8, 4) is 0 Å². The summed E-state index contributed by atoms with van der Waals surface area (Å²) < 4.78 is 0. The van der Waals surface area contributed by atoms with Crippen molar-refractivity contribution in [3.63, 3.8) is 0 Å². The van der Waals surface area contributed by atoms with Gasteiger partial charge < -0.3 is 16.0 Å². The molecule has 5 nitrogen and oxygen atoms in total. The van der Waals surface area contributed by atoms with E-state index in [2.05, 4.69) is 27.9 Å². The van der Waals surface area contributed by atoms with E-state index >= 15 is 0 Å². The van der Waals surface area contributed by atoms with Gasteiger partial charge in [-0.2, -0.15) is 0 Å². The largest absolute Gasteiger partial charge is 0.356 e. The van der Waals surface area contributed by atoms with E-state index in [0.29, 0.717) is 19.0 Å². The molecule has 0 saturated heterocycles. The van der Waals surface area contributed by atoms with E-state index < -0.39 is 0 Å². The topological polar surface area (TPSA) is 65.5 Å². The first kappa shape index (κ1) is 11.8. The summed E-state index contributed by atoms with van der Waals surface area (Å²) in [6.07, 6.45) is 1.47. The first-order chi connectivity index (χ1) is 7.22. The van der Waals surface area contributed by atoms with Crippen LogP contribution in [0.2, 0.25) is 0 Å². The van der Waals surface area contributed by atoms with Crippen LogP contribution in [0.3, 0.4) is 0 Å². The SMILES string of the molecule is CCCNC(=O)CCNC1=NCC(C)N1. The molecule has 1 aliphatic rings. The molecule has 1 heterocycles. The Bertz CT molecular complexity index is 240. The van der Waals surface area contributed by atoms with Crippen molar-refractivity contribution in [3.05, 3.63) is 0 Å². The minimum Gasteiger partial charge on any atom is -0.356 e. The number of nitrogens with zero attached hydrogens (tertiary/aromatic N) is 1. The fourth-order valence-corrected chi connectivity index (χ4v) is 1.31. The van der Waals surface area contributed by atoms with Crippen LogP contribution in [0.4, 0.5) is 0 Å². The van der Waals surface area contributed by atoms with Gasteiger partial charge in [-0.3, -0.25) is 9.79 Å². The highest BCUT2D eigenvalue weighted by molar-refractivity contribution is 5.82. The van der Waals surface area contributed by atoms with Gasteiger partial charge in [-0.25, -0.2) is 0 Å². The molecular weight excluding hydrogens is 192 g/mol. The van der Waals surface area contributed by atoms with Crippen LogP contribution in [0, 0.1) is 0 Å². The molecule has 1 rings (SSSR count). The molecule has 1 atom stereocenters. The van der Waals surface area contributed by atoms with Crippen molar-refractivity contribution >= 4 is 11.9 Å². The Morgan fingerprint density at radius 3 is 3.00 bits per heavy atom. The number of rotatable bonds is 5. The summed E-state index contributed by atoms with van der Waals surface area (Å²) in [4.78, 5) is 15.5. The third-order valence-electron chi connectivity index (χ3n) is 2.12. The minimum atomic E-state index is 0.0935. The molecule has 0 aromatic carbocycles. The first-order valence-electron chi connectivity index (χ1n) is 5.54. The second kappa shape index (κ2) is 6.27. The predicted molar refractivity (Wildman–Crippen MR) is 60.8 cm³/mol. The number of aliphatic imine (C=N–C) groups is 1. The first-order valence-corrected chi connectivity index (χ1v) is 5.54. The molecule has 0 fully saturated rings. The average molecular weight is 212 g/mol. The quantitative estimate of drug-likeness (QED) is 0.593. The van der Waals surface area contributed by atoms with Crippen LogP contribution >= 0.6 is 0 Å². The number of carbonyl (C=O) groups is 1. The fraction of sp³-hybridized carbons (Fsp3) is 0.800. The lowest BCUT2D eigenvalue weighted by Gasteiger charge is -2.08. The molecule has 5 heteroatoms. The average Bonchev–Trinajstić information content (AvgIpc) is 2.61. The van der Waals surface area contributed by atoms with Gasteiger partial charge in [0.1, 0.15) is 0 Å². The van der Waals surface area contributed by atoms with Crippen LogP contribution in [0.25, 0.3) is 0 Å². The van der Waals surface area contributed by atoms with Crippen LogP contribution in [0.15, 0.2) is 4.99 Å². The van der Waals surface area contributed by atoms with Crippen molar-refractivity contribution in [2.45, 2.75) is 32.7 Å². The maximum Gasteiger partial charge on any atom is 0.221 e. The molecule has 1 unspecified atom stereocenters. The Morgan fingerprint density at radius 2 is 2.40 bits per heavy atom. The molecule has 1 amide bonds. The van der Waals surface area contributed by atoms with Crippen molar-refractivity contribution in [2.75, 3.05) is 19.6 Å². The molecule has 3 N–H and O–H groups in total. The smallest absolute Gasteiger partial charge is 0.221 e. The molecule has 0 radical (unpaired) electrons. The van der Waals surface area contributed by atoms with E-state index in [4.69, 9.17) is 0 Å². The van der Waals surface area contributed by atoms with E-state index in [0.717, 1.165) is 25.5 Å². The third kappa shape index (κ3) is 4.67. The highest BCUT2D eigenvalue weighted by Gasteiger charge is 2.11. The Kier molecular flexibility index (Phi) is 4.93. The van der Waals surface area contributed by atoms with Gasteiger partial charge in [0.15, 0.2) is 5.96 Å². The lowest BCUT2D eigenvalue weighted by Crippen LogP contribution is -2.39. The number of carbonyl (C=O) groups excluding carboxylic acids is 1. The zero-order valence-electron chi connectivity index (χ0n) is 9.47. The van der Waals surface area contributed by atoms with Crippen molar-refractivity contribution in [2.24, 2.45) is 4.99 Å². The van der Waals surface area contributed by atoms with E-state index in [1.54, 1.807) is 0 Å². The van der Waals surface area contributed by atoms with Crippen molar-refractivity contribution in [1.29, 1.82) is 0 Å². The van der Waals surface area contributed by atoms with Crippen LogP contribution in [-0.4, -0.2) is 37.5 Å².